The van der Waals surface area contributed by atoms with Crippen molar-refractivity contribution < 1.29 is 9.53 Å². The van der Waals surface area contributed by atoms with Crippen molar-refractivity contribution in [1.29, 1.82) is 0 Å². The normalized spacial score (nSPS) is 15.9. The van der Waals surface area contributed by atoms with Crippen molar-refractivity contribution in [2.75, 3.05) is 12.0 Å². The van der Waals surface area contributed by atoms with Crippen LogP contribution in [0.15, 0.2) is 36.5 Å². The van der Waals surface area contributed by atoms with Gasteiger partial charge in [-0.1, -0.05) is 43.1 Å². The second-order valence-electron chi connectivity index (χ2n) is 7.33. The minimum atomic E-state index is -0.499. The van der Waals surface area contributed by atoms with Crippen LogP contribution in [0.4, 0.5) is 5.69 Å². The van der Waals surface area contributed by atoms with Gasteiger partial charge in [-0.05, 0) is 30.5 Å². The SMILES string of the molecule is COc1ccc(N2C(=O)c3[nH]nc(CC(C)C)c3C2c2c(Cl)cccc2Cl)cn1. The number of hydrogen-bond donors (Lipinski definition) is 1. The Morgan fingerprint density at radius 3 is 2.48 bits per heavy atom. The van der Waals surface area contributed by atoms with E-state index in [4.69, 9.17) is 27.9 Å². The summed E-state index contributed by atoms with van der Waals surface area (Å²) in [6.45, 7) is 4.22. The minimum absolute atomic E-state index is 0.199. The predicted octanol–water partition coefficient (Wildman–Crippen LogP) is 5.07. The van der Waals surface area contributed by atoms with Crippen LogP contribution < -0.4 is 9.64 Å². The molecule has 0 saturated heterocycles. The Balaban J connectivity index is 1.92. The first-order valence-electron chi connectivity index (χ1n) is 9.27. The van der Waals surface area contributed by atoms with Crippen molar-refractivity contribution in [1.82, 2.24) is 15.2 Å². The number of nitrogens with one attached hydrogen (secondary N) is 1. The molecule has 0 fully saturated rings. The highest BCUT2D eigenvalue weighted by Crippen LogP contribution is 2.46. The summed E-state index contributed by atoms with van der Waals surface area (Å²) in [5.41, 5.74) is 3.40. The molecule has 3 aromatic rings. The van der Waals surface area contributed by atoms with E-state index in [2.05, 4.69) is 29.0 Å². The molecule has 6 nitrogen and oxygen atoms in total. The summed E-state index contributed by atoms with van der Waals surface area (Å²) in [6, 6.07) is 8.35. The number of pyridine rings is 1. The molecule has 1 unspecified atom stereocenters. The molecule has 8 heteroatoms. The van der Waals surface area contributed by atoms with Gasteiger partial charge in [0.25, 0.3) is 5.91 Å². The van der Waals surface area contributed by atoms with Crippen LogP contribution in [0.5, 0.6) is 5.88 Å². The third kappa shape index (κ3) is 3.36. The number of ether oxygens (including phenoxy) is 1. The van der Waals surface area contributed by atoms with E-state index in [-0.39, 0.29) is 5.91 Å². The van der Waals surface area contributed by atoms with E-state index in [1.165, 1.54) is 0 Å². The van der Waals surface area contributed by atoms with E-state index < -0.39 is 6.04 Å². The molecule has 2 aromatic heterocycles. The van der Waals surface area contributed by atoms with Crippen LogP contribution >= 0.6 is 23.2 Å². The zero-order chi connectivity index (χ0) is 20.7. The number of hydrogen-bond acceptors (Lipinski definition) is 4. The van der Waals surface area contributed by atoms with E-state index in [9.17, 15) is 4.79 Å². The standard InChI is InChI=1S/C21H20Cl2N4O2/c1-11(2)9-15-18-19(26-25-15)21(28)27(12-7-8-16(29-3)24-10-12)20(18)17-13(22)5-4-6-14(17)23/h4-8,10-11,20H,9H2,1-3H3,(H,25,26). The van der Waals surface area contributed by atoms with Crippen LogP contribution in [0.3, 0.4) is 0 Å². The summed E-state index contributed by atoms with van der Waals surface area (Å²) < 4.78 is 5.15. The van der Waals surface area contributed by atoms with E-state index >= 15 is 0 Å². The Bertz CT molecular complexity index is 1040. The quantitative estimate of drug-likeness (QED) is 0.613. The van der Waals surface area contributed by atoms with E-state index in [0.717, 1.165) is 17.7 Å². The number of nitrogens with zero attached hydrogens (tertiary/aromatic N) is 3. The molecule has 1 N–H and O–H groups in total. The fourth-order valence-electron chi connectivity index (χ4n) is 3.70. The largest absolute Gasteiger partial charge is 0.481 e. The zero-order valence-corrected chi connectivity index (χ0v) is 17.8. The van der Waals surface area contributed by atoms with Crippen LogP contribution in [-0.2, 0) is 6.42 Å². The number of carbonyl (C=O) groups is 1. The molecule has 0 saturated carbocycles. The maximum absolute atomic E-state index is 13.4. The van der Waals surface area contributed by atoms with Crippen molar-refractivity contribution in [3.8, 4) is 5.88 Å². The number of carbonyl (C=O) groups excluding carboxylic acids is 1. The maximum atomic E-state index is 13.4. The zero-order valence-electron chi connectivity index (χ0n) is 16.2. The predicted molar refractivity (Wildman–Crippen MR) is 113 cm³/mol. The molecule has 0 aliphatic carbocycles. The lowest BCUT2D eigenvalue weighted by atomic mass is 9.95. The first kappa shape index (κ1) is 19.7. The van der Waals surface area contributed by atoms with Crippen LogP contribution in [-0.4, -0.2) is 28.2 Å². The molecule has 0 bridgehead atoms. The Morgan fingerprint density at radius 2 is 1.90 bits per heavy atom. The highest BCUT2D eigenvalue weighted by Gasteiger charge is 2.44. The molecular weight excluding hydrogens is 411 g/mol. The first-order chi connectivity index (χ1) is 13.9. The number of aromatic nitrogens is 3. The summed E-state index contributed by atoms with van der Waals surface area (Å²) in [5, 5.41) is 8.34. The molecular formula is C21H20Cl2N4O2. The van der Waals surface area contributed by atoms with Crippen molar-refractivity contribution in [3.63, 3.8) is 0 Å². The molecule has 0 radical (unpaired) electrons. The van der Waals surface area contributed by atoms with Gasteiger partial charge in [0.2, 0.25) is 5.88 Å². The number of rotatable bonds is 5. The Hall–Kier alpha value is -2.57. The molecule has 29 heavy (non-hydrogen) atoms. The number of aromatic amines is 1. The molecule has 1 aliphatic heterocycles. The van der Waals surface area contributed by atoms with Gasteiger partial charge in [0.05, 0.1) is 30.7 Å². The second kappa shape index (κ2) is 7.69. The number of amides is 1. The molecule has 4 rings (SSSR count). The number of anilines is 1. The topological polar surface area (TPSA) is 71.1 Å². The lowest BCUT2D eigenvalue weighted by Crippen LogP contribution is -2.30. The number of fused-ring (bicyclic) bond motifs is 1. The number of methoxy groups -OCH3 is 1. The fraction of sp³-hybridized carbons (Fsp3) is 0.286. The van der Waals surface area contributed by atoms with Gasteiger partial charge in [-0.15, -0.1) is 0 Å². The third-order valence-corrected chi connectivity index (χ3v) is 5.59. The molecule has 0 spiro atoms. The smallest absolute Gasteiger partial charge is 0.277 e. The minimum Gasteiger partial charge on any atom is -0.481 e. The van der Waals surface area contributed by atoms with Gasteiger partial charge < -0.3 is 4.74 Å². The second-order valence-corrected chi connectivity index (χ2v) is 8.14. The van der Waals surface area contributed by atoms with Crippen LogP contribution in [0.2, 0.25) is 10.0 Å². The third-order valence-electron chi connectivity index (χ3n) is 4.93. The van der Waals surface area contributed by atoms with Gasteiger partial charge in [-0.2, -0.15) is 5.10 Å². The number of benzene rings is 1. The Morgan fingerprint density at radius 1 is 1.17 bits per heavy atom. The Kier molecular flexibility index (Phi) is 5.23. The average Bonchev–Trinajstić information content (AvgIpc) is 3.21. The molecule has 1 atom stereocenters. The summed E-state index contributed by atoms with van der Waals surface area (Å²) >= 11 is 13.1. The van der Waals surface area contributed by atoms with Gasteiger partial charge in [-0.3, -0.25) is 14.8 Å². The maximum Gasteiger partial charge on any atom is 0.277 e. The van der Waals surface area contributed by atoms with Crippen LogP contribution in [0, 0.1) is 5.92 Å². The highest BCUT2D eigenvalue weighted by molar-refractivity contribution is 6.36. The van der Waals surface area contributed by atoms with Gasteiger partial charge in [0.15, 0.2) is 0 Å². The summed E-state index contributed by atoms with van der Waals surface area (Å²) in [6.07, 6.45) is 2.34. The summed E-state index contributed by atoms with van der Waals surface area (Å²) in [4.78, 5) is 19.3. The van der Waals surface area contributed by atoms with Crippen molar-refractivity contribution in [3.05, 3.63) is 69.1 Å². The van der Waals surface area contributed by atoms with Gasteiger partial charge in [0, 0.05) is 27.2 Å². The van der Waals surface area contributed by atoms with E-state index in [0.29, 0.717) is 38.8 Å². The molecule has 3 heterocycles. The van der Waals surface area contributed by atoms with Crippen molar-refractivity contribution in [2.24, 2.45) is 5.92 Å². The van der Waals surface area contributed by atoms with E-state index in [1.807, 2.05) is 0 Å². The molecule has 1 amide bonds. The van der Waals surface area contributed by atoms with Crippen LogP contribution in [0.1, 0.15) is 47.2 Å². The van der Waals surface area contributed by atoms with Crippen LogP contribution in [0.25, 0.3) is 0 Å². The summed E-state index contributed by atoms with van der Waals surface area (Å²) in [5.74, 6) is 0.639. The van der Waals surface area contributed by atoms with Crippen molar-refractivity contribution >= 4 is 34.8 Å². The lowest BCUT2D eigenvalue weighted by molar-refractivity contribution is 0.0988. The van der Waals surface area contributed by atoms with Gasteiger partial charge in [-0.25, -0.2) is 4.98 Å². The lowest BCUT2D eigenvalue weighted by Gasteiger charge is -2.27. The molecule has 150 valence electrons. The number of halogens is 2. The van der Waals surface area contributed by atoms with Crippen molar-refractivity contribution in [2.45, 2.75) is 26.3 Å². The van der Waals surface area contributed by atoms with Gasteiger partial charge in [0.1, 0.15) is 5.69 Å². The monoisotopic (exact) mass is 430 g/mol. The fourth-order valence-corrected chi connectivity index (χ4v) is 4.31. The first-order valence-corrected chi connectivity index (χ1v) is 10.0. The molecule has 1 aliphatic rings. The highest BCUT2D eigenvalue weighted by atomic mass is 35.5. The van der Waals surface area contributed by atoms with E-state index in [1.54, 1.807) is 48.5 Å². The Labute approximate surface area is 178 Å². The summed E-state index contributed by atoms with van der Waals surface area (Å²) in [7, 11) is 1.55. The van der Waals surface area contributed by atoms with Gasteiger partial charge >= 0.3 is 0 Å². The molecule has 1 aromatic carbocycles. The number of H-pyrrole nitrogens is 1. The average molecular weight is 431 g/mol.